The number of methoxy groups -OCH3 is 1. The third kappa shape index (κ3) is 2.86. The van der Waals surface area contributed by atoms with E-state index in [-0.39, 0.29) is 5.97 Å². The maximum atomic E-state index is 11.7. The van der Waals surface area contributed by atoms with E-state index in [2.05, 4.69) is 17.3 Å². The number of hydrogen-bond acceptors (Lipinski definition) is 4. The van der Waals surface area contributed by atoms with Gasteiger partial charge < -0.3 is 15.0 Å². The van der Waals surface area contributed by atoms with Gasteiger partial charge in [0.15, 0.2) is 0 Å². The molecule has 2 atom stereocenters. The second-order valence-corrected chi connectivity index (χ2v) is 6.55. The normalized spacial score (nSPS) is 31.7. The minimum Gasteiger partial charge on any atom is -0.469 e. The van der Waals surface area contributed by atoms with Crippen LogP contribution in [0.2, 0.25) is 0 Å². The van der Waals surface area contributed by atoms with Crippen LogP contribution >= 0.6 is 0 Å². The van der Waals surface area contributed by atoms with Gasteiger partial charge in [-0.15, -0.1) is 0 Å². The van der Waals surface area contributed by atoms with Crippen LogP contribution in [0.4, 0.5) is 0 Å². The summed E-state index contributed by atoms with van der Waals surface area (Å²) in [5.74, 6) is -0.119. The molecule has 0 aromatic carbocycles. The van der Waals surface area contributed by atoms with Crippen LogP contribution in [0, 0.1) is 5.41 Å². The van der Waals surface area contributed by atoms with E-state index in [4.69, 9.17) is 4.74 Å². The first-order valence-electron chi connectivity index (χ1n) is 6.97. The van der Waals surface area contributed by atoms with Gasteiger partial charge in [0.25, 0.3) is 0 Å². The van der Waals surface area contributed by atoms with E-state index in [1.807, 2.05) is 13.8 Å². The minimum absolute atomic E-state index is 0.119. The molecule has 0 radical (unpaired) electrons. The number of nitrogens with zero attached hydrogens (tertiary/aromatic N) is 1. The summed E-state index contributed by atoms with van der Waals surface area (Å²) < 4.78 is 4.88. The lowest BCUT2D eigenvalue weighted by molar-refractivity contribution is -0.152. The number of nitrogens with one attached hydrogen (secondary N) is 1. The SMILES string of the molecule is COC(=O)C(C)(C)CN(C)C1CC2CCC(C1)N2. The lowest BCUT2D eigenvalue weighted by Gasteiger charge is -2.38. The van der Waals surface area contributed by atoms with Crippen molar-refractivity contribution in [1.82, 2.24) is 10.2 Å². The predicted molar refractivity (Wildman–Crippen MR) is 71.4 cm³/mol. The second kappa shape index (κ2) is 5.17. The number of piperidine rings is 1. The molecule has 2 fully saturated rings. The average molecular weight is 254 g/mol. The molecule has 2 heterocycles. The van der Waals surface area contributed by atoms with E-state index >= 15 is 0 Å². The van der Waals surface area contributed by atoms with Gasteiger partial charge in [0, 0.05) is 24.7 Å². The zero-order valence-corrected chi connectivity index (χ0v) is 12.0. The molecule has 2 unspecified atom stereocenters. The highest BCUT2D eigenvalue weighted by Gasteiger charge is 2.38. The summed E-state index contributed by atoms with van der Waals surface area (Å²) in [6.45, 7) is 4.69. The summed E-state index contributed by atoms with van der Waals surface area (Å²) in [5, 5.41) is 3.65. The number of carbonyl (C=O) groups is 1. The molecular weight excluding hydrogens is 228 g/mol. The Morgan fingerprint density at radius 1 is 1.33 bits per heavy atom. The molecule has 0 saturated carbocycles. The molecule has 0 spiro atoms. The average Bonchev–Trinajstić information content (AvgIpc) is 2.66. The maximum absolute atomic E-state index is 11.7. The van der Waals surface area contributed by atoms with Gasteiger partial charge >= 0.3 is 5.97 Å². The molecule has 0 amide bonds. The van der Waals surface area contributed by atoms with Crippen LogP contribution in [0.15, 0.2) is 0 Å². The molecule has 1 N–H and O–H groups in total. The second-order valence-electron chi connectivity index (χ2n) is 6.55. The van der Waals surface area contributed by atoms with Crippen molar-refractivity contribution >= 4 is 5.97 Å². The molecule has 2 rings (SSSR count). The van der Waals surface area contributed by atoms with Gasteiger partial charge in [0.2, 0.25) is 0 Å². The third-order valence-corrected chi connectivity index (χ3v) is 4.45. The largest absolute Gasteiger partial charge is 0.469 e. The fraction of sp³-hybridized carbons (Fsp3) is 0.929. The van der Waals surface area contributed by atoms with Crippen molar-refractivity contribution in [3.8, 4) is 0 Å². The minimum atomic E-state index is -0.423. The molecule has 0 aromatic heterocycles. The van der Waals surface area contributed by atoms with Crippen LogP contribution in [0.5, 0.6) is 0 Å². The summed E-state index contributed by atoms with van der Waals surface area (Å²) in [4.78, 5) is 14.1. The van der Waals surface area contributed by atoms with Gasteiger partial charge in [0.1, 0.15) is 0 Å². The van der Waals surface area contributed by atoms with E-state index in [1.165, 1.54) is 32.8 Å². The van der Waals surface area contributed by atoms with E-state index < -0.39 is 5.41 Å². The third-order valence-electron chi connectivity index (χ3n) is 4.45. The molecule has 2 saturated heterocycles. The number of esters is 1. The number of carbonyl (C=O) groups excluding carboxylic acids is 1. The van der Waals surface area contributed by atoms with Crippen molar-refractivity contribution in [2.24, 2.45) is 5.41 Å². The Balaban J connectivity index is 1.91. The number of hydrogen-bond donors (Lipinski definition) is 1. The highest BCUT2D eigenvalue weighted by atomic mass is 16.5. The first-order valence-corrected chi connectivity index (χ1v) is 6.97. The summed E-state index contributed by atoms with van der Waals surface area (Å²) >= 11 is 0. The Morgan fingerprint density at radius 3 is 2.39 bits per heavy atom. The smallest absolute Gasteiger partial charge is 0.312 e. The Labute approximate surface area is 110 Å². The Kier molecular flexibility index (Phi) is 3.97. The molecule has 18 heavy (non-hydrogen) atoms. The van der Waals surface area contributed by atoms with E-state index in [1.54, 1.807) is 0 Å². The van der Waals surface area contributed by atoms with Crippen LogP contribution in [-0.4, -0.2) is 49.7 Å². The lowest BCUT2D eigenvalue weighted by atomic mass is 9.90. The van der Waals surface area contributed by atoms with E-state index in [0.717, 1.165) is 6.54 Å². The molecule has 4 heteroatoms. The number of rotatable bonds is 4. The molecule has 0 aromatic rings. The van der Waals surface area contributed by atoms with Gasteiger partial charge in [-0.1, -0.05) is 0 Å². The highest BCUT2D eigenvalue weighted by Crippen LogP contribution is 2.30. The number of fused-ring (bicyclic) bond motifs is 2. The lowest BCUT2D eigenvalue weighted by Crippen LogP contribution is -2.50. The maximum Gasteiger partial charge on any atom is 0.312 e. The Bertz CT molecular complexity index is 305. The standard InChI is InChI=1S/C14H26N2O2/c1-14(2,13(17)18-4)9-16(3)12-7-10-5-6-11(8-12)15-10/h10-12,15H,5-9H2,1-4H3. The van der Waals surface area contributed by atoms with Crippen LogP contribution in [0.3, 0.4) is 0 Å². The zero-order valence-electron chi connectivity index (χ0n) is 12.0. The molecule has 2 aliphatic heterocycles. The molecule has 4 nitrogen and oxygen atoms in total. The summed E-state index contributed by atoms with van der Waals surface area (Å²) in [7, 11) is 3.61. The fourth-order valence-electron chi connectivity index (χ4n) is 3.48. The quantitative estimate of drug-likeness (QED) is 0.770. The van der Waals surface area contributed by atoms with Crippen molar-refractivity contribution in [2.75, 3.05) is 20.7 Å². The van der Waals surface area contributed by atoms with Gasteiger partial charge in [-0.05, 0) is 46.6 Å². The molecule has 2 aliphatic rings. The van der Waals surface area contributed by atoms with Crippen LogP contribution < -0.4 is 5.32 Å². The van der Waals surface area contributed by atoms with Crippen molar-refractivity contribution < 1.29 is 9.53 Å². The van der Waals surface area contributed by atoms with Gasteiger partial charge in [0.05, 0.1) is 12.5 Å². The van der Waals surface area contributed by atoms with Crippen molar-refractivity contribution in [1.29, 1.82) is 0 Å². The monoisotopic (exact) mass is 254 g/mol. The first-order chi connectivity index (χ1) is 8.42. The topological polar surface area (TPSA) is 41.6 Å². The first kappa shape index (κ1) is 13.8. The van der Waals surface area contributed by atoms with Crippen LogP contribution in [0.1, 0.15) is 39.5 Å². The van der Waals surface area contributed by atoms with Crippen molar-refractivity contribution in [3.05, 3.63) is 0 Å². The Hall–Kier alpha value is -0.610. The fourth-order valence-corrected chi connectivity index (χ4v) is 3.48. The molecule has 0 aliphatic carbocycles. The molecule has 2 bridgehead atoms. The van der Waals surface area contributed by atoms with Gasteiger partial charge in [-0.25, -0.2) is 0 Å². The summed E-state index contributed by atoms with van der Waals surface area (Å²) in [6.07, 6.45) is 5.05. The predicted octanol–water partition coefficient (Wildman–Crippen LogP) is 1.40. The number of ether oxygens (including phenoxy) is 1. The summed E-state index contributed by atoms with van der Waals surface area (Å²) in [5.41, 5.74) is -0.423. The van der Waals surface area contributed by atoms with Gasteiger partial charge in [-0.2, -0.15) is 0 Å². The van der Waals surface area contributed by atoms with Crippen molar-refractivity contribution in [3.63, 3.8) is 0 Å². The molecular formula is C14H26N2O2. The van der Waals surface area contributed by atoms with E-state index in [0.29, 0.717) is 18.1 Å². The summed E-state index contributed by atoms with van der Waals surface area (Å²) in [6, 6.07) is 1.99. The molecule has 104 valence electrons. The van der Waals surface area contributed by atoms with E-state index in [9.17, 15) is 4.79 Å². The van der Waals surface area contributed by atoms with Crippen molar-refractivity contribution in [2.45, 2.75) is 57.7 Å². The van der Waals surface area contributed by atoms with Crippen LogP contribution in [-0.2, 0) is 9.53 Å². The Morgan fingerprint density at radius 2 is 1.89 bits per heavy atom. The zero-order chi connectivity index (χ0) is 13.3. The van der Waals surface area contributed by atoms with Gasteiger partial charge in [-0.3, -0.25) is 4.79 Å². The highest BCUT2D eigenvalue weighted by molar-refractivity contribution is 5.76. The van der Waals surface area contributed by atoms with Crippen LogP contribution in [0.25, 0.3) is 0 Å².